The number of hydrogen-bond acceptors (Lipinski definition) is 9. The molecule has 3 amide bonds. The fraction of sp³-hybridized carbons (Fsp3) is 0.484. The lowest BCUT2D eigenvalue weighted by Crippen LogP contribution is -2.42. The Morgan fingerprint density at radius 3 is 2.45 bits per heavy atom. The van der Waals surface area contributed by atoms with Crippen LogP contribution in [0.5, 0.6) is 11.5 Å². The summed E-state index contributed by atoms with van der Waals surface area (Å²) >= 11 is 1.03. The highest BCUT2D eigenvalue weighted by Crippen LogP contribution is 2.42. The van der Waals surface area contributed by atoms with Crippen LogP contribution < -0.4 is 14.4 Å². The summed E-state index contributed by atoms with van der Waals surface area (Å²) in [6.07, 6.45) is -0.0306. The number of anilines is 1. The molecule has 226 valence electrons. The van der Waals surface area contributed by atoms with Gasteiger partial charge in [-0.15, -0.1) is 5.01 Å². The molecule has 2 heterocycles. The molecule has 1 unspecified atom stereocenters. The normalized spacial score (nSPS) is 18.0. The maximum absolute atomic E-state index is 13.7. The minimum atomic E-state index is -0.783. The Kier molecular flexibility index (Phi) is 9.83. The molecule has 42 heavy (non-hydrogen) atoms. The predicted molar refractivity (Wildman–Crippen MR) is 165 cm³/mol. The number of benzene rings is 2. The van der Waals surface area contributed by atoms with E-state index in [4.69, 9.17) is 14.2 Å². The molecule has 0 saturated carbocycles. The molecule has 2 aromatic rings. The summed E-state index contributed by atoms with van der Waals surface area (Å²) < 4.78 is 16.1. The van der Waals surface area contributed by atoms with Crippen molar-refractivity contribution in [3.05, 3.63) is 53.1 Å². The van der Waals surface area contributed by atoms with Gasteiger partial charge in [0.15, 0.2) is 11.5 Å². The Bertz CT molecular complexity index is 1370. The second kappa shape index (κ2) is 13.2. The molecule has 4 rings (SSSR count). The maximum Gasteiger partial charge on any atom is 0.438 e. The predicted octanol–water partition coefficient (Wildman–Crippen LogP) is 5.77. The molecule has 0 fully saturated rings. The number of fused-ring (bicyclic) bond motifs is 1. The van der Waals surface area contributed by atoms with E-state index in [0.29, 0.717) is 35.9 Å². The highest BCUT2D eigenvalue weighted by molar-refractivity contribution is 8.14. The van der Waals surface area contributed by atoms with Crippen molar-refractivity contribution in [3.8, 4) is 11.5 Å². The van der Waals surface area contributed by atoms with Crippen LogP contribution in [0.3, 0.4) is 0 Å². The van der Waals surface area contributed by atoms with Crippen molar-refractivity contribution < 1.29 is 28.6 Å². The van der Waals surface area contributed by atoms with Crippen LogP contribution in [0.4, 0.5) is 15.3 Å². The van der Waals surface area contributed by atoms with E-state index in [9.17, 15) is 14.4 Å². The molecule has 0 aromatic heterocycles. The largest absolute Gasteiger partial charge is 0.493 e. The van der Waals surface area contributed by atoms with Crippen LogP contribution in [0, 0.1) is 0 Å². The van der Waals surface area contributed by atoms with Gasteiger partial charge in [0.2, 0.25) is 0 Å². The second-order valence-electron chi connectivity index (χ2n) is 10.9. The monoisotopic (exact) mass is 596 g/mol. The molecule has 0 bridgehead atoms. The van der Waals surface area contributed by atoms with Gasteiger partial charge < -0.3 is 24.0 Å². The van der Waals surface area contributed by atoms with Gasteiger partial charge in [0.1, 0.15) is 6.61 Å². The van der Waals surface area contributed by atoms with Crippen LogP contribution in [0.15, 0.2) is 41.5 Å². The van der Waals surface area contributed by atoms with Crippen molar-refractivity contribution in [1.29, 1.82) is 0 Å². The van der Waals surface area contributed by atoms with Gasteiger partial charge in [-0.2, -0.15) is 5.10 Å². The van der Waals surface area contributed by atoms with Crippen LogP contribution in [-0.2, 0) is 10.2 Å². The Morgan fingerprint density at radius 2 is 1.79 bits per heavy atom. The first-order chi connectivity index (χ1) is 20.0. The van der Waals surface area contributed by atoms with Crippen molar-refractivity contribution in [2.24, 2.45) is 5.10 Å². The van der Waals surface area contributed by atoms with Gasteiger partial charge in [0, 0.05) is 24.3 Å². The van der Waals surface area contributed by atoms with Crippen molar-refractivity contribution in [2.75, 3.05) is 51.9 Å². The first-order valence-electron chi connectivity index (χ1n) is 14.2. The summed E-state index contributed by atoms with van der Waals surface area (Å²) in [5.41, 5.74) is 3.47. The number of rotatable bonds is 9. The van der Waals surface area contributed by atoms with Gasteiger partial charge in [-0.25, -0.2) is 4.79 Å². The molecule has 2 aliphatic heterocycles. The highest BCUT2D eigenvalue weighted by Gasteiger charge is 2.37. The number of methoxy groups -OCH3 is 2. The SMILES string of the molecule is CCN(CC)CCOC(=O)N1N=C(c2ccc3c(c2)C(C)(C)CCN3C(=O)c2ccc(OC)c(OC)c2)C(C)SC1=O. The number of ether oxygens (including phenoxy) is 3. The molecule has 10 nitrogen and oxygen atoms in total. The summed E-state index contributed by atoms with van der Waals surface area (Å²) in [6.45, 7) is 13.3. The number of amides is 3. The standard InChI is InChI=1S/C31H40N4O6S/c1-8-33(9-2)16-17-41-29(37)35-30(38)42-20(3)27(32-35)21-10-12-24-23(18-21)31(4,5)14-15-34(24)28(36)22-11-13-25(39-6)26(19-22)40-7/h10-13,18-20H,8-9,14-17H2,1-7H3. The number of hydrazone groups is 1. The van der Waals surface area contributed by atoms with Gasteiger partial charge >= 0.3 is 11.3 Å². The van der Waals surface area contributed by atoms with Crippen LogP contribution in [0.25, 0.3) is 0 Å². The molecule has 0 spiro atoms. The van der Waals surface area contributed by atoms with E-state index >= 15 is 0 Å². The van der Waals surface area contributed by atoms with Crippen molar-refractivity contribution in [2.45, 2.75) is 51.7 Å². The third-order valence-electron chi connectivity index (χ3n) is 7.89. The molecule has 11 heteroatoms. The van der Waals surface area contributed by atoms with Crippen molar-refractivity contribution in [3.63, 3.8) is 0 Å². The molecule has 1 atom stereocenters. The average molecular weight is 597 g/mol. The number of likely N-dealkylation sites (N-methyl/N-ethyl adjacent to an activating group) is 1. The molecule has 0 N–H and O–H groups in total. The van der Waals surface area contributed by atoms with Crippen LogP contribution in [0.2, 0.25) is 0 Å². The Hall–Kier alpha value is -3.57. The molecule has 2 aliphatic rings. The number of carbonyl (C=O) groups is 3. The quantitative estimate of drug-likeness (QED) is 0.360. The summed E-state index contributed by atoms with van der Waals surface area (Å²) in [7, 11) is 3.10. The number of carbonyl (C=O) groups excluding carboxylic acids is 3. The molecule has 0 saturated heterocycles. The first-order valence-corrected chi connectivity index (χ1v) is 15.1. The number of nitrogens with zero attached hydrogens (tertiary/aromatic N) is 4. The van der Waals surface area contributed by atoms with E-state index in [1.807, 2.05) is 39.0 Å². The zero-order chi connectivity index (χ0) is 30.6. The fourth-order valence-electron chi connectivity index (χ4n) is 5.21. The average Bonchev–Trinajstić information content (AvgIpc) is 2.98. The number of imide groups is 1. The van der Waals surface area contributed by atoms with Gasteiger partial charge in [-0.3, -0.25) is 9.59 Å². The fourth-order valence-corrected chi connectivity index (χ4v) is 6.03. The molecule has 0 radical (unpaired) electrons. The first kappa shape index (κ1) is 31.4. The lowest BCUT2D eigenvalue weighted by atomic mass is 9.76. The van der Waals surface area contributed by atoms with E-state index in [1.165, 1.54) is 0 Å². The Balaban J connectivity index is 1.63. The molecule has 0 aliphatic carbocycles. The smallest absolute Gasteiger partial charge is 0.438 e. The molecular weight excluding hydrogens is 556 g/mol. The number of hydrogen-bond donors (Lipinski definition) is 0. The second-order valence-corrected chi connectivity index (χ2v) is 12.1. The van der Waals surface area contributed by atoms with Gasteiger partial charge in [0.05, 0.1) is 25.2 Å². The minimum absolute atomic E-state index is 0.136. The highest BCUT2D eigenvalue weighted by atomic mass is 32.2. The lowest BCUT2D eigenvalue weighted by Gasteiger charge is -2.39. The Labute approximate surface area is 252 Å². The van der Waals surface area contributed by atoms with E-state index < -0.39 is 11.3 Å². The zero-order valence-corrected chi connectivity index (χ0v) is 26.2. The molecular formula is C31H40N4O6S. The van der Waals surface area contributed by atoms with Gasteiger partial charge in [-0.1, -0.05) is 45.5 Å². The maximum atomic E-state index is 13.7. The van der Waals surface area contributed by atoms with E-state index in [1.54, 1.807) is 37.3 Å². The van der Waals surface area contributed by atoms with E-state index in [0.717, 1.165) is 53.1 Å². The van der Waals surface area contributed by atoms with Crippen LogP contribution in [-0.4, -0.2) is 85.1 Å². The van der Waals surface area contributed by atoms with E-state index in [-0.39, 0.29) is 23.2 Å². The minimum Gasteiger partial charge on any atom is -0.493 e. The van der Waals surface area contributed by atoms with Crippen molar-refractivity contribution >= 4 is 40.4 Å². The Morgan fingerprint density at radius 1 is 1.07 bits per heavy atom. The zero-order valence-electron chi connectivity index (χ0n) is 25.4. The summed E-state index contributed by atoms with van der Waals surface area (Å²) in [4.78, 5) is 43.1. The van der Waals surface area contributed by atoms with E-state index in [2.05, 4.69) is 23.8 Å². The summed E-state index contributed by atoms with van der Waals surface area (Å²) in [6, 6.07) is 11.0. The van der Waals surface area contributed by atoms with Gasteiger partial charge in [-0.05, 0) is 73.3 Å². The summed E-state index contributed by atoms with van der Waals surface area (Å²) in [5, 5.41) is 4.55. The number of thioether (sulfide) groups is 1. The van der Waals surface area contributed by atoms with Crippen LogP contribution >= 0.6 is 11.8 Å². The molecule has 2 aromatic carbocycles. The third-order valence-corrected chi connectivity index (χ3v) is 8.84. The lowest BCUT2D eigenvalue weighted by molar-refractivity contribution is 0.0980. The van der Waals surface area contributed by atoms with Crippen molar-refractivity contribution in [1.82, 2.24) is 9.91 Å². The van der Waals surface area contributed by atoms with Crippen LogP contribution in [0.1, 0.15) is 62.5 Å². The topological polar surface area (TPSA) is 101 Å². The third kappa shape index (κ3) is 6.42. The van der Waals surface area contributed by atoms with Gasteiger partial charge in [0.25, 0.3) is 5.91 Å². The summed E-state index contributed by atoms with van der Waals surface area (Å²) in [5.74, 6) is 0.909.